The third-order valence-electron chi connectivity index (χ3n) is 5.60. The van der Waals surface area contributed by atoms with Gasteiger partial charge in [-0.1, -0.05) is 59.4 Å². The van der Waals surface area contributed by atoms with Crippen LogP contribution in [0.4, 0.5) is 0 Å². The van der Waals surface area contributed by atoms with Gasteiger partial charge in [0, 0.05) is 16.7 Å². The highest BCUT2D eigenvalue weighted by molar-refractivity contribution is 7.20. The van der Waals surface area contributed by atoms with Crippen molar-refractivity contribution in [3.8, 4) is 33.4 Å². The highest BCUT2D eigenvalue weighted by Crippen LogP contribution is 2.43. The van der Waals surface area contributed by atoms with Crippen LogP contribution in [-0.2, 0) is 0 Å². The van der Waals surface area contributed by atoms with Crippen LogP contribution in [0.15, 0.2) is 66.7 Å². The number of aryl methyl sites for hydroxylation is 1. The van der Waals surface area contributed by atoms with E-state index in [0.29, 0.717) is 16.8 Å². The Balaban J connectivity index is 1.65. The summed E-state index contributed by atoms with van der Waals surface area (Å²) in [7, 11) is 1.65. The summed E-state index contributed by atoms with van der Waals surface area (Å²) in [6, 6.07) is 21.6. The number of benzene rings is 3. The van der Waals surface area contributed by atoms with Crippen LogP contribution >= 0.6 is 11.3 Å². The lowest BCUT2D eigenvalue weighted by Crippen LogP contribution is -2.00. The molecule has 1 aliphatic rings. The summed E-state index contributed by atoms with van der Waals surface area (Å²) in [4.78, 5) is 18.2. The molecule has 6 heteroatoms. The highest BCUT2D eigenvalue weighted by atomic mass is 32.1. The van der Waals surface area contributed by atoms with Gasteiger partial charge < -0.3 is 4.74 Å². The number of carbonyl (C=O) groups is 1. The Kier molecular flexibility index (Phi) is 3.85. The molecule has 0 atom stereocenters. The van der Waals surface area contributed by atoms with E-state index in [1.807, 2.05) is 72.3 Å². The number of ether oxygens (including phenoxy) is 1. The summed E-state index contributed by atoms with van der Waals surface area (Å²) < 4.78 is 8.19. The molecule has 0 fully saturated rings. The van der Waals surface area contributed by atoms with Crippen molar-refractivity contribution >= 4 is 27.3 Å². The second kappa shape index (κ2) is 6.62. The fourth-order valence-corrected chi connectivity index (χ4v) is 5.10. The second-order valence-electron chi connectivity index (χ2n) is 7.56. The van der Waals surface area contributed by atoms with E-state index in [-0.39, 0.29) is 5.78 Å². The smallest absolute Gasteiger partial charge is 0.212 e. The van der Waals surface area contributed by atoms with Crippen LogP contribution in [0.5, 0.6) is 5.75 Å². The molecule has 0 spiro atoms. The van der Waals surface area contributed by atoms with E-state index in [2.05, 4.69) is 6.07 Å². The van der Waals surface area contributed by atoms with Gasteiger partial charge in [0.1, 0.15) is 11.4 Å². The lowest BCUT2D eigenvalue weighted by molar-refractivity contribution is 0.104. The average molecular weight is 423 g/mol. The SMILES string of the molecule is COc1ccc2nc(-n3nc(-c4cccc(C)c4)c4c3-c3ccccc3C4=O)sc2c1. The second-order valence-corrected chi connectivity index (χ2v) is 8.57. The van der Waals surface area contributed by atoms with Crippen LogP contribution in [0.1, 0.15) is 21.5 Å². The van der Waals surface area contributed by atoms with Gasteiger partial charge in [0.15, 0.2) is 5.78 Å². The number of ketones is 1. The van der Waals surface area contributed by atoms with Gasteiger partial charge in [-0.05, 0) is 31.2 Å². The van der Waals surface area contributed by atoms with Gasteiger partial charge in [0.2, 0.25) is 5.13 Å². The van der Waals surface area contributed by atoms with E-state index in [1.165, 1.54) is 11.3 Å². The van der Waals surface area contributed by atoms with Crippen molar-refractivity contribution in [2.75, 3.05) is 7.11 Å². The Hall–Kier alpha value is -3.77. The fraction of sp³-hybridized carbons (Fsp3) is 0.0800. The third kappa shape index (κ3) is 2.65. The molecule has 0 bridgehead atoms. The number of hydrogen-bond acceptors (Lipinski definition) is 5. The summed E-state index contributed by atoms with van der Waals surface area (Å²) >= 11 is 1.53. The lowest BCUT2D eigenvalue weighted by atomic mass is 10.0. The predicted octanol–water partition coefficient (Wildman–Crippen LogP) is 5.68. The molecule has 3 aromatic carbocycles. The molecular weight excluding hydrogens is 406 g/mol. The Morgan fingerprint density at radius 2 is 1.81 bits per heavy atom. The first-order valence-electron chi connectivity index (χ1n) is 9.93. The molecule has 0 amide bonds. The van der Waals surface area contributed by atoms with Crippen molar-refractivity contribution < 1.29 is 9.53 Å². The molecule has 2 heterocycles. The molecule has 0 N–H and O–H groups in total. The number of thiazole rings is 1. The molecule has 0 radical (unpaired) electrons. The number of fused-ring (bicyclic) bond motifs is 4. The zero-order chi connectivity index (χ0) is 21.1. The molecule has 5 aromatic rings. The maximum atomic E-state index is 13.4. The number of hydrogen-bond donors (Lipinski definition) is 0. The Morgan fingerprint density at radius 3 is 2.61 bits per heavy atom. The number of aromatic nitrogens is 3. The van der Waals surface area contributed by atoms with E-state index in [1.54, 1.807) is 7.11 Å². The van der Waals surface area contributed by atoms with Crippen LogP contribution in [0.3, 0.4) is 0 Å². The van der Waals surface area contributed by atoms with Gasteiger partial charge in [-0.3, -0.25) is 4.79 Å². The standard InChI is InChI=1S/C25H17N3O2S/c1-14-6-5-7-15(12-14)22-21-23(17-8-3-4-9-18(17)24(21)29)28(27-22)25-26-19-11-10-16(30-2)13-20(19)31-25/h3-13H,1-2H3. The maximum Gasteiger partial charge on any atom is 0.212 e. The molecule has 2 aromatic heterocycles. The lowest BCUT2D eigenvalue weighted by Gasteiger charge is -2.04. The topological polar surface area (TPSA) is 57.0 Å². The zero-order valence-electron chi connectivity index (χ0n) is 16.9. The summed E-state index contributed by atoms with van der Waals surface area (Å²) in [6.45, 7) is 2.04. The van der Waals surface area contributed by atoms with Gasteiger partial charge in [-0.15, -0.1) is 0 Å². The molecular formula is C25H17N3O2S. The van der Waals surface area contributed by atoms with E-state index >= 15 is 0 Å². The van der Waals surface area contributed by atoms with E-state index in [4.69, 9.17) is 14.8 Å². The van der Waals surface area contributed by atoms with Crippen LogP contribution in [-0.4, -0.2) is 27.7 Å². The first-order chi connectivity index (χ1) is 15.1. The minimum atomic E-state index is 0.0103. The quantitative estimate of drug-likeness (QED) is 0.368. The molecule has 6 rings (SSSR count). The molecule has 0 saturated carbocycles. The first kappa shape index (κ1) is 18.0. The highest BCUT2D eigenvalue weighted by Gasteiger charge is 2.35. The van der Waals surface area contributed by atoms with E-state index in [0.717, 1.165) is 43.5 Å². The monoisotopic (exact) mass is 423 g/mol. The van der Waals surface area contributed by atoms with Crippen LogP contribution in [0, 0.1) is 6.92 Å². The minimum Gasteiger partial charge on any atom is -0.497 e. The molecule has 0 saturated heterocycles. The number of carbonyl (C=O) groups excluding carboxylic acids is 1. The summed E-state index contributed by atoms with van der Waals surface area (Å²) in [6.07, 6.45) is 0. The normalized spacial score (nSPS) is 12.3. The number of methoxy groups -OCH3 is 1. The van der Waals surface area contributed by atoms with Crippen molar-refractivity contribution in [1.82, 2.24) is 14.8 Å². The van der Waals surface area contributed by atoms with Crippen LogP contribution in [0.2, 0.25) is 0 Å². The molecule has 1 aliphatic carbocycles. The summed E-state index contributed by atoms with van der Waals surface area (Å²) in [5, 5.41) is 5.64. The summed E-state index contributed by atoms with van der Waals surface area (Å²) in [5.41, 5.74) is 6.67. The fourth-order valence-electron chi connectivity index (χ4n) is 4.15. The molecule has 31 heavy (non-hydrogen) atoms. The van der Waals surface area contributed by atoms with E-state index < -0.39 is 0 Å². The van der Waals surface area contributed by atoms with Crippen molar-refractivity contribution in [2.24, 2.45) is 0 Å². The summed E-state index contributed by atoms with van der Waals surface area (Å²) in [5.74, 6) is 0.797. The maximum absolute atomic E-state index is 13.4. The van der Waals surface area contributed by atoms with Gasteiger partial charge in [0.25, 0.3) is 0 Å². The average Bonchev–Trinajstić information content (AvgIpc) is 3.46. The third-order valence-corrected chi connectivity index (χ3v) is 6.59. The predicted molar refractivity (Wildman–Crippen MR) is 122 cm³/mol. The van der Waals surface area contributed by atoms with Crippen molar-refractivity contribution in [3.63, 3.8) is 0 Å². The number of nitrogens with zero attached hydrogens (tertiary/aromatic N) is 3. The Labute approximate surface area is 182 Å². The van der Waals surface area contributed by atoms with Crippen molar-refractivity contribution in [2.45, 2.75) is 6.92 Å². The van der Waals surface area contributed by atoms with Crippen molar-refractivity contribution in [1.29, 1.82) is 0 Å². The van der Waals surface area contributed by atoms with Crippen molar-refractivity contribution in [3.05, 3.63) is 83.4 Å². The molecule has 0 unspecified atom stereocenters. The zero-order valence-corrected chi connectivity index (χ0v) is 17.7. The van der Waals surface area contributed by atoms with Gasteiger partial charge in [-0.25, -0.2) is 9.67 Å². The van der Waals surface area contributed by atoms with Gasteiger partial charge >= 0.3 is 0 Å². The van der Waals surface area contributed by atoms with Gasteiger partial charge in [-0.2, -0.15) is 5.10 Å². The van der Waals surface area contributed by atoms with Crippen LogP contribution in [0.25, 0.3) is 37.9 Å². The minimum absolute atomic E-state index is 0.0103. The largest absolute Gasteiger partial charge is 0.497 e. The Bertz CT molecular complexity index is 1510. The number of rotatable bonds is 3. The van der Waals surface area contributed by atoms with Gasteiger partial charge in [0.05, 0.1) is 28.6 Å². The van der Waals surface area contributed by atoms with Crippen LogP contribution < -0.4 is 4.74 Å². The van der Waals surface area contributed by atoms with E-state index in [9.17, 15) is 4.79 Å². The molecule has 5 nitrogen and oxygen atoms in total. The first-order valence-corrected chi connectivity index (χ1v) is 10.7. The molecule has 0 aliphatic heterocycles. The molecule has 150 valence electrons. The Morgan fingerprint density at radius 1 is 0.968 bits per heavy atom.